The minimum absolute atomic E-state index is 0.100. The van der Waals surface area contributed by atoms with Crippen LogP contribution >= 0.6 is 0 Å². The Bertz CT molecular complexity index is 858. The summed E-state index contributed by atoms with van der Waals surface area (Å²) in [7, 11) is -3.32. The zero-order chi connectivity index (χ0) is 18.6. The van der Waals surface area contributed by atoms with E-state index in [2.05, 4.69) is 20.2 Å². The van der Waals surface area contributed by atoms with E-state index in [9.17, 15) is 13.2 Å². The Hall–Kier alpha value is -2.20. The quantitative estimate of drug-likeness (QED) is 0.761. The lowest BCUT2D eigenvalue weighted by atomic mass is 9.96. The Kier molecular flexibility index (Phi) is 5.72. The van der Waals surface area contributed by atoms with Crippen LogP contribution in [-0.4, -0.2) is 65.9 Å². The molecule has 1 aliphatic heterocycles. The van der Waals surface area contributed by atoms with E-state index in [1.54, 1.807) is 11.8 Å². The van der Waals surface area contributed by atoms with Crippen molar-refractivity contribution in [3.05, 3.63) is 30.2 Å². The van der Waals surface area contributed by atoms with Gasteiger partial charge in [-0.15, -0.1) is 10.2 Å². The summed E-state index contributed by atoms with van der Waals surface area (Å²) >= 11 is 0. The van der Waals surface area contributed by atoms with Gasteiger partial charge in [0.15, 0.2) is 5.65 Å². The second-order valence-corrected chi connectivity index (χ2v) is 8.22. The highest BCUT2D eigenvalue weighted by Gasteiger charge is 2.26. The monoisotopic (exact) mass is 380 g/mol. The van der Waals surface area contributed by atoms with Crippen molar-refractivity contribution in [3.8, 4) is 0 Å². The minimum atomic E-state index is -3.32. The summed E-state index contributed by atoms with van der Waals surface area (Å²) in [5, 5.41) is 11.2. The zero-order valence-corrected chi connectivity index (χ0v) is 15.6. The second-order valence-electron chi connectivity index (χ2n) is 6.30. The number of likely N-dealkylation sites (tertiary alicyclic amines) is 1. The van der Waals surface area contributed by atoms with E-state index in [0.717, 1.165) is 24.3 Å². The molecule has 0 unspecified atom stereocenters. The van der Waals surface area contributed by atoms with Crippen molar-refractivity contribution < 1.29 is 13.2 Å². The minimum Gasteiger partial charge on any atom is -0.337 e. The van der Waals surface area contributed by atoms with Crippen LogP contribution in [-0.2, 0) is 10.0 Å². The fourth-order valence-corrected chi connectivity index (χ4v) is 4.13. The van der Waals surface area contributed by atoms with Gasteiger partial charge in [-0.2, -0.15) is 0 Å². The van der Waals surface area contributed by atoms with Crippen LogP contribution in [0, 0.1) is 0 Å². The van der Waals surface area contributed by atoms with Gasteiger partial charge in [0.25, 0.3) is 0 Å². The largest absolute Gasteiger partial charge is 0.337 e. The predicted molar refractivity (Wildman–Crippen MR) is 97.4 cm³/mol. The molecule has 1 fully saturated rings. The molecule has 3 rings (SSSR count). The third-order valence-corrected chi connectivity index (χ3v) is 5.97. The number of piperidine rings is 1. The maximum atomic E-state index is 12.2. The van der Waals surface area contributed by atoms with E-state index < -0.39 is 10.0 Å². The van der Waals surface area contributed by atoms with Crippen molar-refractivity contribution >= 4 is 21.7 Å². The zero-order valence-electron chi connectivity index (χ0n) is 14.8. The van der Waals surface area contributed by atoms with Crippen LogP contribution in [0.4, 0.5) is 4.79 Å². The molecule has 2 N–H and O–H groups in total. The Morgan fingerprint density at radius 1 is 1.27 bits per heavy atom. The summed E-state index contributed by atoms with van der Waals surface area (Å²) < 4.78 is 27.6. The van der Waals surface area contributed by atoms with Crippen molar-refractivity contribution in [2.24, 2.45) is 0 Å². The van der Waals surface area contributed by atoms with Crippen LogP contribution in [0.15, 0.2) is 24.4 Å². The first-order valence-electron chi connectivity index (χ1n) is 8.80. The normalized spacial score (nSPS) is 16.1. The topological polar surface area (TPSA) is 109 Å². The summed E-state index contributed by atoms with van der Waals surface area (Å²) in [6, 6.07) is 5.57. The van der Waals surface area contributed by atoms with Gasteiger partial charge in [-0.1, -0.05) is 13.0 Å². The molecule has 142 valence electrons. The number of nitrogens with zero attached hydrogens (tertiary/aromatic N) is 4. The summed E-state index contributed by atoms with van der Waals surface area (Å²) in [6.07, 6.45) is 3.56. The highest BCUT2D eigenvalue weighted by atomic mass is 32.2. The lowest BCUT2D eigenvalue weighted by Gasteiger charge is -2.31. The van der Waals surface area contributed by atoms with E-state index in [0.29, 0.717) is 19.6 Å². The molecule has 3 heterocycles. The Balaban J connectivity index is 1.50. The predicted octanol–water partition coefficient (Wildman–Crippen LogP) is 0.558. The molecule has 0 radical (unpaired) electrons. The molecule has 10 heteroatoms. The van der Waals surface area contributed by atoms with Gasteiger partial charge in [0.2, 0.25) is 10.0 Å². The molecule has 0 bridgehead atoms. The third kappa shape index (κ3) is 4.31. The number of hydrogen-bond donors (Lipinski definition) is 2. The maximum absolute atomic E-state index is 12.2. The number of hydrogen-bond acceptors (Lipinski definition) is 5. The Labute approximate surface area is 152 Å². The average molecular weight is 380 g/mol. The molecular weight excluding hydrogens is 356 g/mol. The molecule has 1 aliphatic rings. The lowest BCUT2D eigenvalue weighted by Crippen LogP contribution is -2.46. The van der Waals surface area contributed by atoms with E-state index >= 15 is 0 Å². The average Bonchev–Trinajstić information content (AvgIpc) is 3.05. The van der Waals surface area contributed by atoms with Crippen molar-refractivity contribution in [1.29, 1.82) is 0 Å². The highest BCUT2D eigenvalue weighted by molar-refractivity contribution is 7.89. The van der Waals surface area contributed by atoms with Gasteiger partial charge in [-0.05, 0) is 25.0 Å². The van der Waals surface area contributed by atoms with Gasteiger partial charge < -0.3 is 10.2 Å². The van der Waals surface area contributed by atoms with Crippen molar-refractivity contribution in [3.63, 3.8) is 0 Å². The van der Waals surface area contributed by atoms with Gasteiger partial charge >= 0.3 is 6.03 Å². The maximum Gasteiger partial charge on any atom is 0.317 e. The number of nitrogens with one attached hydrogen (secondary N) is 2. The standard InChI is InChI=1S/C16H24N6O3S/c1-2-18-26(24,25)12-8-17-16(23)21-10-6-13(7-11-21)15-20-19-14-5-3-4-9-22(14)15/h3-5,9,13,18H,2,6-8,10-12H2,1H3,(H,17,23). The molecule has 0 saturated carbocycles. The van der Waals surface area contributed by atoms with E-state index in [1.807, 2.05) is 28.8 Å². The molecule has 2 aromatic heterocycles. The number of rotatable bonds is 6. The smallest absolute Gasteiger partial charge is 0.317 e. The summed E-state index contributed by atoms with van der Waals surface area (Å²) in [5.74, 6) is 1.07. The summed E-state index contributed by atoms with van der Waals surface area (Å²) in [5.41, 5.74) is 0.824. The molecule has 0 atom stereocenters. The second kappa shape index (κ2) is 8.00. The van der Waals surface area contributed by atoms with Crippen LogP contribution in [0.25, 0.3) is 5.65 Å². The Morgan fingerprint density at radius 2 is 2.04 bits per heavy atom. The van der Waals surface area contributed by atoms with Crippen LogP contribution in [0.2, 0.25) is 0 Å². The highest BCUT2D eigenvalue weighted by Crippen LogP contribution is 2.26. The fraction of sp³-hybridized carbons (Fsp3) is 0.562. The summed E-state index contributed by atoms with van der Waals surface area (Å²) in [4.78, 5) is 13.9. The molecule has 0 spiro atoms. The van der Waals surface area contributed by atoms with Crippen LogP contribution in [0.3, 0.4) is 0 Å². The number of urea groups is 1. The number of amides is 2. The number of aromatic nitrogens is 3. The fourth-order valence-electron chi connectivity index (χ4n) is 3.18. The number of sulfonamides is 1. The first kappa shape index (κ1) is 18.6. The van der Waals surface area contributed by atoms with Gasteiger partial charge in [0.1, 0.15) is 5.82 Å². The van der Waals surface area contributed by atoms with Crippen molar-refractivity contribution in [1.82, 2.24) is 29.5 Å². The summed E-state index contributed by atoms with van der Waals surface area (Å²) in [6.45, 7) is 3.39. The van der Waals surface area contributed by atoms with Crippen molar-refractivity contribution in [2.75, 3.05) is 31.9 Å². The van der Waals surface area contributed by atoms with Crippen LogP contribution < -0.4 is 10.0 Å². The SMILES string of the molecule is CCNS(=O)(=O)CCNC(=O)N1CCC(c2nnc3ccccn23)CC1. The number of pyridine rings is 1. The van der Waals surface area contributed by atoms with Gasteiger partial charge in [0, 0.05) is 38.3 Å². The molecule has 1 saturated heterocycles. The Morgan fingerprint density at radius 3 is 2.77 bits per heavy atom. The van der Waals surface area contributed by atoms with Gasteiger partial charge in [-0.25, -0.2) is 17.9 Å². The van der Waals surface area contributed by atoms with Crippen LogP contribution in [0.1, 0.15) is 31.5 Å². The molecule has 26 heavy (non-hydrogen) atoms. The lowest BCUT2D eigenvalue weighted by molar-refractivity contribution is 0.181. The molecule has 9 nitrogen and oxygen atoms in total. The number of carbonyl (C=O) groups excluding carboxylic acids is 1. The van der Waals surface area contributed by atoms with Crippen LogP contribution in [0.5, 0.6) is 0 Å². The first-order valence-corrected chi connectivity index (χ1v) is 10.4. The molecule has 2 aromatic rings. The van der Waals surface area contributed by atoms with E-state index in [1.165, 1.54) is 0 Å². The molecule has 0 aromatic carbocycles. The first-order chi connectivity index (χ1) is 12.5. The molecule has 2 amide bonds. The number of carbonyl (C=O) groups is 1. The third-order valence-electron chi connectivity index (χ3n) is 4.50. The van der Waals surface area contributed by atoms with E-state index in [4.69, 9.17) is 0 Å². The van der Waals surface area contributed by atoms with Gasteiger partial charge in [-0.3, -0.25) is 4.40 Å². The molecule has 0 aliphatic carbocycles. The van der Waals surface area contributed by atoms with E-state index in [-0.39, 0.29) is 24.2 Å². The van der Waals surface area contributed by atoms with Crippen molar-refractivity contribution in [2.45, 2.75) is 25.7 Å². The van der Waals surface area contributed by atoms with Gasteiger partial charge in [0.05, 0.1) is 5.75 Å². The number of fused-ring (bicyclic) bond motifs is 1. The molecular formula is C16H24N6O3S.